The summed E-state index contributed by atoms with van der Waals surface area (Å²) in [5, 5.41) is 12.1. The molecule has 2 bridgehead atoms. The lowest BCUT2D eigenvalue weighted by Crippen LogP contribution is -2.28. The third-order valence-corrected chi connectivity index (χ3v) is 6.44. The Morgan fingerprint density at radius 2 is 1.78 bits per heavy atom. The lowest BCUT2D eigenvalue weighted by Gasteiger charge is -2.26. The standard InChI is InChI=1S/C23H20F3N3O3/c24-23(25,26)16-10-14(29-12-4-5-13(29)7-6-12)8-9-17(16)28-22(32)15-11-27-18-2-1-3-19(30)20(18)21(15)31/h1-3,8-13,30H,4-7H2,(H,27,31)(H,28,32). The number of amides is 1. The highest BCUT2D eigenvalue weighted by molar-refractivity contribution is 6.06. The molecule has 166 valence electrons. The van der Waals surface area contributed by atoms with E-state index in [2.05, 4.69) is 15.2 Å². The van der Waals surface area contributed by atoms with Crippen LogP contribution < -0.4 is 15.6 Å². The van der Waals surface area contributed by atoms with Crippen molar-refractivity contribution in [3.8, 4) is 5.75 Å². The molecule has 2 aromatic carbocycles. The highest BCUT2D eigenvalue weighted by atomic mass is 19.4. The summed E-state index contributed by atoms with van der Waals surface area (Å²) < 4.78 is 41.5. The van der Waals surface area contributed by atoms with Crippen molar-refractivity contribution in [3.63, 3.8) is 0 Å². The van der Waals surface area contributed by atoms with E-state index < -0.39 is 34.3 Å². The van der Waals surface area contributed by atoms with Crippen LogP contribution in [-0.4, -0.2) is 28.1 Å². The number of aromatic hydroxyl groups is 1. The lowest BCUT2D eigenvalue weighted by molar-refractivity contribution is -0.136. The quantitative estimate of drug-likeness (QED) is 0.551. The van der Waals surface area contributed by atoms with Crippen molar-refractivity contribution in [2.75, 3.05) is 10.2 Å². The fourth-order valence-electron chi connectivity index (χ4n) is 4.98. The van der Waals surface area contributed by atoms with Crippen molar-refractivity contribution in [1.29, 1.82) is 0 Å². The number of anilines is 2. The van der Waals surface area contributed by atoms with Gasteiger partial charge in [-0.25, -0.2) is 0 Å². The number of rotatable bonds is 3. The van der Waals surface area contributed by atoms with E-state index in [1.54, 1.807) is 12.1 Å². The summed E-state index contributed by atoms with van der Waals surface area (Å²) >= 11 is 0. The van der Waals surface area contributed by atoms with Crippen LogP contribution in [-0.2, 0) is 6.18 Å². The first-order chi connectivity index (χ1) is 15.2. The van der Waals surface area contributed by atoms with Crippen LogP contribution >= 0.6 is 0 Å². The maximum absolute atomic E-state index is 13.8. The minimum atomic E-state index is -4.69. The Hall–Kier alpha value is -3.49. The number of benzene rings is 2. The third kappa shape index (κ3) is 3.28. The van der Waals surface area contributed by atoms with E-state index in [1.807, 2.05) is 0 Å². The van der Waals surface area contributed by atoms with Gasteiger partial charge in [0.1, 0.15) is 11.3 Å². The summed E-state index contributed by atoms with van der Waals surface area (Å²) in [6.07, 6.45) is 0.336. The predicted octanol–water partition coefficient (Wildman–Crippen LogP) is 4.64. The Morgan fingerprint density at radius 3 is 2.44 bits per heavy atom. The molecule has 0 saturated carbocycles. The second kappa shape index (κ2) is 7.29. The molecule has 0 atom stereocenters. The van der Waals surface area contributed by atoms with Crippen molar-refractivity contribution < 1.29 is 23.1 Å². The van der Waals surface area contributed by atoms with Crippen LogP contribution in [0.25, 0.3) is 10.9 Å². The number of phenols is 1. The number of aromatic nitrogens is 1. The molecule has 2 aliphatic heterocycles. The lowest BCUT2D eigenvalue weighted by atomic mass is 10.0. The van der Waals surface area contributed by atoms with E-state index in [-0.39, 0.29) is 23.2 Å². The van der Waals surface area contributed by atoms with Crippen LogP contribution in [0.15, 0.2) is 47.4 Å². The minimum Gasteiger partial charge on any atom is -0.507 e. The summed E-state index contributed by atoms with van der Waals surface area (Å²) in [6, 6.07) is 8.77. The first kappa shape index (κ1) is 20.4. The molecule has 0 spiro atoms. The SMILES string of the molecule is O=C(Nc1ccc(N2C3CCC2CC3)cc1C(F)(F)F)c1c[nH]c2cccc(O)c2c1=O. The van der Waals surface area contributed by atoms with Gasteiger partial charge >= 0.3 is 6.18 Å². The predicted molar refractivity (Wildman–Crippen MR) is 114 cm³/mol. The average Bonchev–Trinajstić information content (AvgIpc) is 3.34. The van der Waals surface area contributed by atoms with Gasteiger partial charge < -0.3 is 20.3 Å². The van der Waals surface area contributed by atoms with Crippen LogP contribution in [0.1, 0.15) is 41.6 Å². The summed E-state index contributed by atoms with van der Waals surface area (Å²) in [5.41, 5.74) is -1.74. The Bertz CT molecular complexity index is 1260. The summed E-state index contributed by atoms with van der Waals surface area (Å²) in [4.78, 5) is 30.2. The van der Waals surface area contributed by atoms with Gasteiger partial charge in [-0.2, -0.15) is 13.2 Å². The van der Waals surface area contributed by atoms with E-state index in [0.717, 1.165) is 37.9 Å². The van der Waals surface area contributed by atoms with Crippen molar-refractivity contribution in [1.82, 2.24) is 4.98 Å². The maximum atomic E-state index is 13.8. The van der Waals surface area contributed by atoms with E-state index in [1.165, 1.54) is 18.2 Å². The number of hydrogen-bond acceptors (Lipinski definition) is 4. The number of fused-ring (bicyclic) bond motifs is 3. The molecular formula is C23H20F3N3O3. The molecule has 6 nitrogen and oxygen atoms in total. The maximum Gasteiger partial charge on any atom is 0.418 e. The van der Waals surface area contributed by atoms with Gasteiger partial charge in [0, 0.05) is 24.0 Å². The fraction of sp³-hybridized carbons (Fsp3) is 0.304. The summed E-state index contributed by atoms with van der Waals surface area (Å²) in [5.74, 6) is -1.31. The number of nitrogens with one attached hydrogen (secondary N) is 2. The van der Waals surface area contributed by atoms with Crippen LogP contribution in [0.3, 0.4) is 0 Å². The largest absolute Gasteiger partial charge is 0.507 e. The molecule has 32 heavy (non-hydrogen) atoms. The Balaban J connectivity index is 1.51. The van der Waals surface area contributed by atoms with Gasteiger partial charge in [-0.3, -0.25) is 9.59 Å². The molecule has 2 aliphatic rings. The fourth-order valence-corrected chi connectivity index (χ4v) is 4.98. The second-order valence-electron chi connectivity index (χ2n) is 8.28. The third-order valence-electron chi connectivity index (χ3n) is 6.44. The topological polar surface area (TPSA) is 85.4 Å². The Kier molecular flexibility index (Phi) is 4.65. The molecule has 5 rings (SSSR count). The van der Waals surface area contributed by atoms with Gasteiger partial charge in [0.25, 0.3) is 5.91 Å². The number of phenolic OH excluding ortho intramolecular Hbond substituents is 1. The zero-order valence-corrected chi connectivity index (χ0v) is 16.9. The van der Waals surface area contributed by atoms with Crippen LogP contribution in [0, 0.1) is 0 Å². The first-order valence-electron chi connectivity index (χ1n) is 10.4. The van der Waals surface area contributed by atoms with Gasteiger partial charge in [-0.15, -0.1) is 0 Å². The molecule has 3 heterocycles. The van der Waals surface area contributed by atoms with E-state index >= 15 is 0 Å². The van der Waals surface area contributed by atoms with Gasteiger partial charge in [0.15, 0.2) is 0 Å². The highest BCUT2D eigenvalue weighted by Gasteiger charge is 2.41. The molecule has 0 radical (unpaired) electrons. The second-order valence-corrected chi connectivity index (χ2v) is 8.28. The van der Waals surface area contributed by atoms with Crippen LogP contribution in [0.5, 0.6) is 5.75 Å². The summed E-state index contributed by atoms with van der Waals surface area (Å²) in [6.45, 7) is 0. The highest BCUT2D eigenvalue weighted by Crippen LogP contribution is 2.44. The first-order valence-corrected chi connectivity index (χ1v) is 10.4. The number of pyridine rings is 1. The monoisotopic (exact) mass is 443 g/mol. The molecule has 1 amide bonds. The summed E-state index contributed by atoms with van der Waals surface area (Å²) in [7, 11) is 0. The van der Waals surface area contributed by atoms with E-state index in [0.29, 0.717) is 11.2 Å². The van der Waals surface area contributed by atoms with Gasteiger partial charge in [0.2, 0.25) is 5.43 Å². The molecule has 2 fully saturated rings. The molecule has 3 aromatic rings. The normalized spacial score (nSPS) is 20.2. The van der Waals surface area contributed by atoms with Gasteiger partial charge in [-0.05, 0) is 56.0 Å². The van der Waals surface area contributed by atoms with E-state index in [4.69, 9.17) is 0 Å². The number of H-pyrrole nitrogens is 1. The van der Waals surface area contributed by atoms with Crippen molar-refractivity contribution in [3.05, 3.63) is 63.9 Å². The van der Waals surface area contributed by atoms with Crippen molar-refractivity contribution >= 4 is 28.2 Å². The number of nitrogens with zero attached hydrogens (tertiary/aromatic N) is 1. The van der Waals surface area contributed by atoms with Gasteiger partial charge in [-0.1, -0.05) is 6.07 Å². The molecule has 0 aliphatic carbocycles. The van der Waals surface area contributed by atoms with E-state index in [9.17, 15) is 27.9 Å². The minimum absolute atomic E-state index is 0.101. The molecule has 2 saturated heterocycles. The Morgan fingerprint density at radius 1 is 1.09 bits per heavy atom. The molecular weight excluding hydrogens is 423 g/mol. The van der Waals surface area contributed by atoms with Gasteiger partial charge in [0.05, 0.1) is 22.2 Å². The zero-order valence-electron chi connectivity index (χ0n) is 16.9. The number of carbonyl (C=O) groups excluding carboxylic acids is 1. The van der Waals surface area contributed by atoms with Crippen LogP contribution in [0.4, 0.5) is 24.5 Å². The molecule has 1 aromatic heterocycles. The average molecular weight is 443 g/mol. The zero-order chi connectivity index (χ0) is 22.6. The van der Waals surface area contributed by atoms with Crippen molar-refractivity contribution in [2.45, 2.75) is 43.9 Å². The number of alkyl halides is 3. The number of carbonyl (C=O) groups is 1. The number of aromatic amines is 1. The number of hydrogen-bond donors (Lipinski definition) is 3. The number of halogens is 3. The Labute approximate surface area is 180 Å². The van der Waals surface area contributed by atoms with Crippen LogP contribution in [0.2, 0.25) is 0 Å². The molecule has 3 N–H and O–H groups in total. The van der Waals surface area contributed by atoms with Crippen molar-refractivity contribution in [2.24, 2.45) is 0 Å². The molecule has 0 unspecified atom stereocenters. The smallest absolute Gasteiger partial charge is 0.418 e. The molecule has 9 heteroatoms.